The molecule has 0 saturated carbocycles. The van der Waals surface area contributed by atoms with E-state index in [-0.39, 0.29) is 0 Å². The zero-order chi connectivity index (χ0) is 6.43. The average Bonchev–Trinajstić information content (AvgIpc) is 2.40. The van der Waals surface area contributed by atoms with Crippen LogP contribution in [0.1, 0.15) is 6.42 Å². The topological polar surface area (TPSA) is 29.0 Å². The van der Waals surface area contributed by atoms with Crippen molar-refractivity contribution in [1.29, 1.82) is 0 Å². The van der Waals surface area contributed by atoms with Crippen LogP contribution in [0, 0.1) is 5.92 Å². The third kappa shape index (κ3) is 0.843. The molecule has 9 heavy (non-hydrogen) atoms. The van der Waals surface area contributed by atoms with Crippen LogP contribution in [0.3, 0.4) is 0 Å². The Morgan fingerprint density at radius 2 is 2.33 bits per heavy atom. The Labute approximate surface area is 60.0 Å². The van der Waals surface area contributed by atoms with Gasteiger partial charge in [-0.1, -0.05) is 12.2 Å². The summed E-state index contributed by atoms with van der Waals surface area (Å²) < 4.78 is 0. The van der Waals surface area contributed by atoms with Gasteiger partial charge in [0.05, 0.1) is 4.99 Å². The normalized spacial score (nSPS) is 46.4. The molecule has 2 heterocycles. The van der Waals surface area contributed by atoms with Crippen LogP contribution in [0.5, 0.6) is 0 Å². The zero-order valence-corrected chi connectivity index (χ0v) is 6.03. The van der Waals surface area contributed by atoms with Gasteiger partial charge in [0.25, 0.3) is 0 Å². The van der Waals surface area contributed by atoms with Crippen molar-refractivity contribution in [3.8, 4) is 0 Å². The summed E-state index contributed by atoms with van der Waals surface area (Å²) in [5.74, 6) is 0.527. The molecule has 0 aromatic carbocycles. The molecular formula is C6H10N2S. The van der Waals surface area contributed by atoms with Gasteiger partial charge >= 0.3 is 0 Å². The second-order valence-electron chi connectivity index (χ2n) is 2.94. The summed E-state index contributed by atoms with van der Waals surface area (Å²) >= 11 is 4.88. The molecule has 2 aliphatic heterocycles. The monoisotopic (exact) mass is 142 g/mol. The van der Waals surface area contributed by atoms with Gasteiger partial charge in [-0.15, -0.1) is 0 Å². The quantitative estimate of drug-likeness (QED) is 0.412. The number of hydrogen-bond acceptors (Lipinski definition) is 2. The fourth-order valence-corrected chi connectivity index (χ4v) is 1.73. The first-order chi connectivity index (χ1) is 4.27. The number of fused-ring (bicyclic) bond motifs is 1. The number of nitrogens with two attached hydrogens (primary N) is 1. The Bertz CT molecular complexity index is 147. The molecular weight excluding hydrogens is 132 g/mol. The first kappa shape index (κ1) is 5.62. The maximum Gasteiger partial charge on any atom is 0.0772 e. The number of thiocarbonyl (C=S) groups is 1. The molecule has 3 unspecified atom stereocenters. The summed E-state index contributed by atoms with van der Waals surface area (Å²) in [6.07, 6.45) is 1.22. The Balaban J connectivity index is 1.97. The van der Waals surface area contributed by atoms with E-state index in [1.807, 2.05) is 0 Å². The van der Waals surface area contributed by atoms with Crippen molar-refractivity contribution < 1.29 is 0 Å². The third-order valence-electron chi connectivity index (χ3n) is 2.24. The SMILES string of the molecule is NC(=S)C1CC2CN2C1. The van der Waals surface area contributed by atoms with Crippen LogP contribution in [0.4, 0.5) is 0 Å². The number of rotatable bonds is 1. The molecule has 3 atom stereocenters. The van der Waals surface area contributed by atoms with Gasteiger partial charge in [0.15, 0.2) is 0 Å². The van der Waals surface area contributed by atoms with Crippen LogP contribution in [0.25, 0.3) is 0 Å². The molecule has 0 spiro atoms. The van der Waals surface area contributed by atoms with Crippen LogP contribution in [0.15, 0.2) is 0 Å². The summed E-state index contributed by atoms with van der Waals surface area (Å²) in [5, 5.41) is 0. The average molecular weight is 142 g/mol. The van der Waals surface area contributed by atoms with E-state index in [4.69, 9.17) is 18.0 Å². The minimum atomic E-state index is 0.527. The second-order valence-corrected chi connectivity index (χ2v) is 3.41. The minimum Gasteiger partial charge on any atom is -0.393 e. The Morgan fingerprint density at radius 3 is 2.67 bits per heavy atom. The highest BCUT2D eigenvalue weighted by molar-refractivity contribution is 7.80. The van der Waals surface area contributed by atoms with Crippen LogP contribution in [0.2, 0.25) is 0 Å². The third-order valence-corrected chi connectivity index (χ3v) is 2.58. The number of nitrogens with zero attached hydrogens (tertiary/aromatic N) is 1. The van der Waals surface area contributed by atoms with Crippen molar-refractivity contribution in [2.24, 2.45) is 11.7 Å². The summed E-state index contributed by atoms with van der Waals surface area (Å²) in [6.45, 7) is 2.42. The zero-order valence-electron chi connectivity index (χ0n) is 5.21. The molecule has 0 aromatic heterocycles. The van der Waals surface area contributed by atoms with Gasteiger partial charge in [-0.25, -0.2) is 0 Å². The molecule has 2 rings (SSSR count). The van der Waals surface area contributed by atoms with E-state index in [1.165, 1.54) is 13.0 Å². The van der Waals surface area contributed by atoms with Crippen molar-refractivity contribution in [3.05, 3.63) is 0 Å². The molecule has 2 fully saturated rings. The molecule has 0 bridgehead atoms. The first-order valence-corrected chi connectivity index (χ1v) is 3.71. The predicted molar refractivity (Wildman–Crippen MR) is 40.3 cm³/mol. The minimum absolute atomic E-state index is 0.527. The van der Waals surface area contributed by atoms with E-state index in [0.717, 1.165) is 12.6 Å². The van der Waals surface area contributed by atoms with Gasteiger partial charge in [-0.3, -0.25) is 4.90 Å². The van der Waals surface area contributed by atoms with Crippen LogP contribution < -0.4 is 5.73 Å². The van der Waals surface area contributed by atoms with E-state index in [2.05, 4.69) is 4.90 Å². The maximum atomic E-state index is 5.49. The molecule has 50 valence electrons. The van der Waals surface area contributed by atoms with Crippen molar-refractivity contribution in [2.45, 2.75) is 12.5 Å². The summed E-state index contributed by atoms with van der Waals surface area (Å²) in [4.78, 5) is 3.13. The summed E-state index contributed by atoms with van der Waals surface area (Å²) in [5.41, 5.74) is 5.49. The van der Waals surface area contributed by atoms with E-state index in [1.54, 1.807) is 0 Å². The first-order valence-electron chi connectivity index (χ1n) is 3.31. The lowest BCUT2D eigenvalue weighted by Gasteiger charge is -2.06. The predicted octanol–water partition coefficient (Wildman–Crippen LogP) is -0.0234. The fraction of sp³-hybridized carbons (Fsp3) is 0.833. The lowest BCUT2D eigenvalue weighted by atomic mass is 10.1. The lowest BCUT2D eigenvalue weighted by molar-refractivity contribution is 0.562. The fourth-order valence-electron chi connectivity index (χ4n) is 1.56. The van der Waals surface area contributed by atoms with E-state index < -0.39 is 0 Å². The smallest absolute Gasteiger partial charge is 0.0772 e. The van der Waals surface area contributed by atoms with E-state index >= 15 is 0 Å². The van der Waals surface area contributed by atoms with Gasteiger partial charge in [-0.05, 0) is 6.42 Å². The molecule has 2 saturated heterocycles. The standard InChI is InChI=1S/C6H10N2S/c7-6(9)4-1-5-3-8(5)2-4/h4-5H,1-3H2,(H2,7,9). The van der Waals surface area contributed by atoms with Crippen molar-refractivity contribution in [2.75, 3.05) is 13.1 Å². The highest BCUT2D eigenvalue weighted by Gasteiger charge is 2.44. The highest BCUT2D eigenvalue weighted by Crippen LogP contribution is 2.33. The second kappa shape index (κ2) is 1.67. The highest BCUT2D eigenvalue weighted by atomic mass is 32.1. The van der Waals surface area contributed by atoms with Crippen LogP contribution in [-0.4, -0.2) is 29.0 Å². The summed E-state index contributed by atoms with van der Waals surface area (Å²) in [7, 11) is 0. The van der Waals surface area contributed by atoms with Crippen molar-refractivity contribution in [3.63, 3.8) is 0 Å². The van der Waals surface area contributed by atoms with Crippen LogP contribution >= 0.6 is 12.2 Å². The lowest BCUT2D eigenvalue weighted by Crippen LogP contribution is -2.24. The molecule has 3 heteroatoms. The molecule has 0 aromatic rings. The molecule has 0 amide bonds. The van der Waals surface area contributed by atoms with E-state index in [9.17, 15) is 0 Å². The van der Waals surface area contributed by atoms with Gasteiger partial charge < -0.3 is 5.73 Å². The molecule has 2 nitrogen and oxygen atoms in total. The molecule has 2 N–H and O–H groups in total. The molecule has 0 aliphatic carbocycles. The van der Waals surface area contributed by atoms with Gasteiger partial charge in [0, 0.05) is 25.0 Å². The van der Waals surface area contributed by atoms with Crippen molar-refractivity contribution in [1.82, 2.24) is 4.90 Å². The van der Waals surface area contributed by atoms with E-state index in [0.29, 0.717) is 10.9 Å². The Morgan fingerprint density at radius 1 is 1.56 bits per heavy atom. The number of piperidine rings is 1. The number of hydrogen-bond donors (Lipinski definition) is 1. The van der Waals surface area contributed by atoms with Crippen LogP contribution in [-0.2, 0) is 0 Å². The molecule has 2 aliphatic rings. The van der Waals surface area contributed by atoms with Gasteiger partial charge in [-0.2, -0.15) is 0 Å². The van der Waals surface area contributed by atoms with Gasteiger partial charge in [0.1, 0.15) is 0 Å². The summed E-state index contributed by atoms with van der Waals surface area (Å²) in [6, 6.07) is 0.844. The molecule has 0 radical (unpaired) electrons. The maximum absolute atomic E-state index is 5.49. The van der Waals surface area contributed by atoms with Gasteiger partial charge in [0.2, 0.25) is 0 Å². The van der Waals surface area contributed by atoms with Crippen molar-refractivity contribution >= 4 is 17.2 Å². The Hall–Kier alpha value is -0.150. The Kier molecular flexibility index (Phi) is 1.04. The largest absolute Gasteiger partial charge is 0.393 e.